The molecule has 1 saturated heterocycles. The summed E-state index contributed by atoms with van der Waals surface area (Å²) in [5, 5.41) is 5.43. The molecule has 0 spiro atoms. The Morgan fingerprint density at radius 2 is 1.93 bits per heavy atom. The molecule has 5 rings (SSSR count). The number of likely N-dealkylation sites (tertiary alicyclic amines) is 1. The van der Waals surface area contributed by atoms with E-state index in [2.05, 4.69) is 4.90 Å². The summed E-state index contributed by atoms with van der Waals surface area (Å²) in [5.41, 5.74) is 0.802. The molecular weight excluding hydrogens is 358 g/mol. The van der Waals surface area contributed by atoms with Crippen LogP contribution in [0.25, 0.3) is 16.7 Å². The zero-order valence-corrected chi connectivity index (χ0v) is 16.5. The minimum atomic E-state index is -0.0319. The van der Waals surface area contributed by atoms with Gasteiger partial charge in [-0.2, -0.15) is 0 Å². The Hall–Kier alpha value is -1.99. The van der Waals surface area contributed by atoms with E-state index in [1.54, 1.807) is 11.6 Å². The van der Waals surface area contributed by atoms with Crippen molar-refractivity contribution in [3.63, 3.8) is 0 Å². The predicted molar refractivity (Wildman–Crippen MR) is 108 cm³/mol. The van der Waals surface area contributed by atoms with Crippen molar-refractivity contribution in [2.45, 2.75) is 51.2 Å². The van der Waals surface area contributed by atoms with Crippen molar-refractivity contribution in [2.75, 3.05) is 6.54 Å². The number of benzene rings is 1. The molecule has 0 bridgehead atoms. The maximum Gasteiger partial charge on any atom is 0.262 e. The Bertz CT molecular complexity index is 1130. The van der Waals surface area contributed by atoms with Crippen LogP contribution in [0.4, 0.5) is 0 Å². The monoisotopic (exact) mass is 383 g/mol. The molecule has 1 aromatic carbocycles. The van der Waals surface area contributed by atoms with Crippen molar-refractivity contribution in [3.05, 3.63) is 39.4 Å². The van der Waals surface area contributed by atoms with Crippen LogP contribution in [0, 0.1) is 10.7 Å². The van der Waals surface area contributed by atoms with Gasteiger partial charge in [0.1, 0.15) is 0 Å². The minimum absolute atomic E-state index is 0.0319. The third kappa shape index (κ3) is 2.67. The second kappa shape index (κ2) is 6.56. The van der Waals surface area contributed by atoms with Crippen LogP contribution in [0.2, 0.25) is 0 Å². The quantitative estimate of drug-likeness (QED) is 0.637. The molecule has 2 aromatic heterocycles. The molecule has 3 aromatic rings. The van der Waals surface area contributed by atoms with Crippen LogP contribution in [0.15, 0.2) is 29.1 Å². The Balaban J connectivity index is 1.61. The molecule has 1 saturated carbocycles. The van der Waals surface area contributed by atoms with Crippen molar-refractivity contribution in [1.82, 2.24) is 23.6 Å². The zero-order valence-electron chi connectivity index (χ0n) is 15.7. The van der Waals surface area contributed by atoms with Crippen LogP contribution >= 0.6 is 12.2 Å². The highest BCUT2D eigenvalue weighted by Gasteiger charge is 2.33. The number of hydrogen-bond acceptors (Lipinski definition) is 4. The fourth-order valence-corrected chi connectivity index (χ4v) is 5.39. The van der Waals surface area contributed by atoms with Gasteiger partial charge < -0.3 is 0 Å². The maximum absolute atomic E-state index is 12.7. The van der Waals surface area contributed by atoms with Crippen molar-refractivity contribution in [3.8, 4) is 0 Å². The van der Waals surface area contributed by atoms with Crippen molar-refractivity contribution in [2.24, 2.45) is 13.0 Å². The van der Waals surface area contributed by atoms with Crippen molar-refractivity contribution >= 4 is 28.9 Å². The van der Waals surface area contributed by atoms with Crippen molar-refractivity contribution < 1.29 is 0 Å². The molecule has 2 fully saturated rings. The molecule has 1 aliphatic carbocycles. The summed E-state index contributed by atoms with van der Waals surface area (Å²) in [6.45, 7) is 1.82. The van der Waals surface area contributed by atoms with Crippen LogP contribution in [0.1, 0.15) is 38.5 Å². The maximum atomic E-state index is 12.7. The summed E-state index contributed by atoms with van der Waals surface area (Å²) >= 11 is 5.79. The van der Waals surface area contributed by atoms with E-state index < -0.39 is 0 Å². The van der Waals surface area contributed by atoms with Gasteiger partial charge in [-0.15, -0.1) is 5.10 Å². The number of piperidine rings is 1. The number of aryl methyl sites for hydroxylation is 1. The molecule has 0 N–H and O–H groups in total. The van der Waals surface area contributed by atoms with E-state index in [1.165, 1.54) is 38.5 Å². The van der Waals surface area contributed by atoms with E-state index >= 15 is 0 Å². The standard InChI is InChI=1S/C20H25N5OS/c1-22-18(26)15-9-3-5-11-17(15)25-19(22)21-24(20(25)27)13-23-12-6-8-14-7-2-4-10-16(14)23/h3,5,9,11,14,16H,2,4,6-8,10,12-13H2,1H3. The van der Waals surface area contributed by atoms with E-state index in [0.29, 0.717) is 28.6 Å². The van der Waals surface area contributed by atoms with Gasteiger partial charge in [0.2, 0.25) is 10.5 Å². The molecule has 142 valence electrons. The highest BCUT2D eigenvalue weighted by Crippen LogP contribution is 2.35. The third-order valence-corrected chi connectivity index (χ3v) is 6.87. The van der Waals surface area contributed by atoms with E-state index in [4.69, 9.17) is 17.3 Å². The topological polar surface area (TPSA) is 47.5 Å². The fourth-order valence-electron chi connectivity index (χ4n) is 5.11. The number of fused-ring (bicyclic) bond motifs is 4. The number of nitrogens with zero attached hydrogens (tertiary/aromatic N) is 5. The van der Waals surface area contributed by atoms with Gasteiger partial charge in [0.05, 0.1) is 17.6 Å². The Morgan fingerprint density at radius 1 is 1.15 bits per heavy atom. The molecule has 3 heterocycles. The lowest BCUT2D eigenvalue weighted by Gasteiger charge is -2.43. The Labute approximate surface area is 163 Å². The first-order valence-electron chi connectivity index (χ1n) is 9.96. The summed E-state index contributed by atoms with van der Waals surface area (Å²) in [4.78, 5) is 15.3. The van der Waals surface area contributed by atoms with Gasteiger partial charge in [-0.05, 0) is 56.0 Å². The van der Waals surface area contributed by atoms with E-state index in [1.807, 2.05) is 33.3 Å². The van der Waals surface area contributed by atoms with Gasteiger partial charge in [-0.3, -0.25) is 18.7 Å². The second-order valence-corrected chi connectivity index (χ2v) is 8.37. The van der Waals surface area contributed by atoms with Gasteiger partial charge >= 0.3 is 0 Å². The Kier molecular flexibility index (Phi) is 4.16. The molecule has 1 aliphatic heterocycles. The molecule has 0 radical (unpaired) electrons. The predicted octanol–water partition coefficient (Wildman–Crippen LogP) is 3.33. The Morgan fingerprint density at radius 3 is 2.81 bits per heavy atom. The summed E-state index contributed by atoms with van der Waals surface area (Å²) in [6, 6.07) is 8.29. The highest BCUT2D eigenvalue weighted by molar-refractivity contribution is 7.71. The average Bonchev–Trinajstić information content (AvgIpc) is 3.03. The SMILES string of the molecule is Cn1c(=O)c2ccccc2n2c(=S)n(CN3CCCC4CCCCC43)nc12. The number of para-hydroxylation sites is 1. The van der Waals surface area contributed by atoms with Gasteiger partial charge in [0.15, 0.2) is 0 Å². The van der Waals surface area contributed by atoms with Gasteiger partial charge in [0, 0.05) is 19.6 Å². The summed E-state index contributed by atoms with van der Waals surface area (Å²) in [5.74, 6) is 1.43. The molecular formula is C20H25N5OS. The van der Waals surface area contributed by atoms with Crippen LogP contribution in [0.3, 0.4) is 0 Å². The number of rotatable bonds is 2. The lowest BCUT2D eigenvalue weighted by atomic mass is 9.78. The molecule has 6 nitrogen and oxygen atoms in total. The van der Waals surface area contributed by atoms with Gasteiger partial charge in [0.25, 0.3) is 5.56 Å². The third-order valence-electron chi connectivity index (χ3n) is 6.48. The fraction of sp³-hybridized carbons (Fsp3) is 0.550. The second-order valence-electron chi connectivity index (χ2n) is 8.01. The smallest absolute Gasteiger partial charge is 0.262 e. The lowest BCUT2D eigenvalue weighted by Crippen LogP contribution is -2.47. The molecule has 2 atom stereocenters. The van der Waals surface area contributed by atoms with Crippen LogP contribution in [-0.2, 0) is 13.7 Å². The van der Waals surface area contributed by atoms with Crippen LogP contribution in [-0.4, -0.2) is 36.2 Å². The molecule has 0 amide bonds. The van der Waals surface area contributed by atoms with Crippen LogP contribution in [0.5, 0.6) is 0 Å². The highest BCUT2D eigenvalue weighted by atomic mass is 32.1. The van der Waals surface area contributed by atoms with E-state index in [-0.39, 0.29) is 5.56 Å². The molecule has 27 heavy (non-hydrogen) atoms. The number of hydrogen-bond donors (Lipinski definition) is 0. The first-order chi connectivity index (χ1) is 13.1. The minimum Gasteiger partial charge on any atom is -0.281 e. The normalized spacial score (nSPS) is 23.7. The summed E-state index contributed by atoms with van der Waals surface area (Å²) in [6.07, 6.45) is 7.95. The van der Waals surface area contributed by atoms with Gasteiger partial charge in [-0.1, -0.05) is 25.0 Å². The lowest BCUT2D eigenvalue weighted by molar-refractivity contribution is 0.0325. The zero-order chi connectivity index (χ0) is 18.5. The summed E-state index contributed by atoms with van der Waals surface area (Å²) in [7, 11) is 1.77. The van der Waals surface area contributed by atoms with Crippen LogP contribution < -0.4 is 5.56 Å². The first-order valence-corrected chi connectivity index (χ1v) is 10.4. The number of aromatic nitrogens is 4. The average molecular weight is 384 g/mol. The molecule has 7 heteroatoms. The molecule has 2 aliphatic rings. The van der Waals surface area contributed by atoms with E-state index in [0.717, 1.165) is 18.0 Å². The summed E-state index contributed by atoms with van der Waals surface area (Å²) < 4.78 is 6.12. The van der Waals surface area contributed by atoms with Crippen molar-refractivity contribution in [1.29, 1.82) is 0 Å². The molecule has 2 unspecified atom stereocenters. The van der Waals surface area contributed by atoms with Gasteiger partial charge in [-0.25, -0.2) is 4.68 Å². The first kappa shape index (κ1) is 17.1. The van der Waals surface area contributed by atoms with E-state index in [9.17, 15) is 4.79 Å². The largest absolute Gasteiger partial charge is 0.281 e.